The molecule has 0 aliphatic carbocycles. The van der Waals surface area contributed by atoms with Crippen LogP contribution in [-0.2, 0) is 4.74 Å². The number of hydrogen-bond acceptors (Lipinski definition) is 3. The predicted octanol–water partition coefficient (Wildman–Crippen LogP) is -0.277. The SMILES string of the molecule is OCCCOCNP. The molecule has 0 amide bonds. The van der Waals surface area contributed by atoms with Crippen molar-refractivity contribution >= 4 is 9.39 Å². The van der Waals surface area contributed by atoms with Gasteiger partial charge >= 0.3 is 0 Å². The van der Waals surface area contributed by atoms with Crippen molar-refractivity contribution in [2.75, 3.05) is 19.9 Å². The van der Waals surface area contributed by atoms with Gasteiger partial charge in [0, 0.05) is 6.61 Å². The minimum absolute atomic E-state index is 0.205. The third kappa shape index (κ3) is 6.31. The van der Waals surface area contributed by atoms with E-state index in [0.717, 1.165) is 0 Å². The van der Waals surface area contributed by atoms with Crippen LogP contribution in [0.15, 0.2) is 0 Å². The average molecular weight is 137 g/mol. The van der Waals surface area contributed by atoms with Crippen LogP contribution in [0.5, 0.6) is 0 Å². The largest absolute Gasteiger partial charge is 0.396 e. The van der Waals surface area contributed by atoms with E-state index >= 15 is 0 Å². The van der Waals surface area contributed by atoms with Crippen LogP contribution in [0.3, 0.4) is 0 Å². The van der Waals surface area contributed by atoms with Crippen molar-refractivity contribution < 1.29 is 9.84 Å². The molecule has 0 saturated heterocycles. The van der Waals surface area contributed by atoms with Gasteiger partial charge in [0.1, 0.15) is 0 Å². The van der Waals surface area contributed by atoms with Crippen LogP contribution in [0.2, 0.25) is 0 Å². The number of nitrogens with one attached hydrogen (secondary N) is 1. The Morgan fingerprint density at radius 3 is 2.88 bits per heavy atom. The first kappa shape index (κ1) is 8.31. The molecule has 0 aromatic rings. The quantitative estimate of drug-likeness (QED) is 0.311. The molecule has 4 heteroatoms. The van der Waals surface area contributed by atoms with Crippen molar-refractivity contribution in [1.29, 1.82) is 0 Å². The Hall–Kier alpha value is 0.310. The van der Waals surface area contributed by atoms with Crippen molar-refractivity contribution in [1.82, 2.24) is 5.09 Å². The van der Waals surface area contributed by atoms with Gasteiger partial charge in [-0.2, -0.15) is 0 Å². The molecule has 0 aliphatic rings. The lowest BCUT2D eigenvalue weighted by atomic mass is 10.5. The standard InChI is InChI=1S/C4H12NO2P/c6-2-1-3-7-4-5-8/h5-6H,1-4,8H2. The van der Waals surface area contributed by atoms with E-state index in [1.807, 2.05) is 0 Å². The minimum Gasteiger partial charge on any atom is -0.396 e. The van der Waals surface area contributed by atoms with E-state index < -0.39 is 0 Å². The second-order valence-electron chi connectivity index (χ2n) is 1.33. The van der Waals surface area contributed by atoms with Gasteiger partial charge in [-0.25, -0.2) is 0 Å². The molecule has 8 heavy (non-hydrogen) atoms. The number of hydrogen-bond donors (Lipinski definition) is 2. The Morgan fingerprint density at radius 1 is 1.62 bits per heavy atom. The maximum Gasteiger partial charge on any atom is 0.0993 e. The molecular formula is C4H12NO2P. The zero-order valence-electron chi connectivity index (χ0n) is 4.76. The van der Waals surface area contributed by atoms with Gasteiger partial charge in [-0.3, -0.25) is 5.09 Å². The van der Waals surface area contributed by atoms with Crippen LogP contribution in [0.25, 0.3) is 0 Å². The molecule has 0 bridgehead atoms. The van der Waals surface area contributed by atoms with Crippen molar-refractivity contribution in [2.45, 2.75) is 6.42 Å². The van der Waals surface area contributed by atoms with Gasteiger partial charge in [-0.1, -0.05) is 9.39 Å². The van der Waals surface area contributed by atoms with Gasteiger partial charge in [0.15, 0.2) is 0 Å². The van der Waals surface area contributed by atoms with Crippen molar-refractivity contribution in [3.63, 3.8) is 0 Å². The smallest absolute Gasteiger partial charge is 0.0993 e. The Kier molecular flexibility index (Phi) is 7.59. The first-order valence-electron chi connectivity index (χ1n) is 2.54. The van der Waals surface area contributed by atoms with Gasteiger partial charge in [0.05, 0.1) is 13.3 Å². The highest BCUT2D eigenvalue weighted by Crippen LogP contribution is 1.78. The Labute approximate surface area is 51.7 Å². The zero-order valence-corrected chi connectivity index (χ0v) is 5.92. The lowest BCUT2D eigenvalue weighted by molar-refractivity contribution is 0.115. The summed E-state index contributed by atoms with van der Waals surface area (Å²) in [6.45, 7) is 1.36. The average Bonchev–Trinajstić information content (AvgIpc) is 1.81. The van der Waals surface area contributed by atoms with Crippen LogP contribution < -0.4 is 5.09 Å². The summed E-state index contributed by atoms with van der Waals surface area (Å²) in [7, 11) is 2.33. The van der Waals surface area contributed by atoms with Crippen molar-refractivity contribution in [3.8, 4) is 0 Å². The molecule has 0 radical (unpaired) electrons. The molecule has 50 valence electrons. The molecule has 0 aromatic heterocycles. The topological polar surface area (TPSA) is 41.5 Å². The molecule has 0 rings (SSSR count). The summed E-state index contributed by atoms with van der Waals surface area (Å²) in [6, 6.07) is 0. The van der Waals surface area contributed by atoms with Crippen LogP contribution >= 0.6 is 9.39 Å². The zero-order chi connectivity index (χ0) is 6.24. The molecule has 0 spiro atoms. The summed E-state index contributed by atoms with van der Waals surface area (Å²) in [5.74, 6) is 0. The first-order chi connectivity index (χ1) is 3.91. The van der Waals surface area contributed by atoms with Crippen LogP contribution in [0.1, 0.15) is 6.42 Å². The second-order valence-corrected chi connectivity index (χ2v) is 1.74. The van der Waals surface area contributed by atoms with Crippen LogP contribution in [0.4, 0.5) is 0 Å². The first-order valence-corrected chi connectivity index (χ1v) is 3.11. The fourth-order valence-electron chi connectivity index (χ4n) is 0.298. The third-order valence-electron chi connectivity index (χ3n) is 0.632. The molecule has 0 fully saturated rings. The lowest BCUT2D eigenvalue weighted by Crippen LogP contribution is -2.06. The summed E-state index contributed by atoms with van der Waals surface area (Å²) in [6.07, 6.45) is 0.715. The van der Waals surface area contributed by atoms with E-state index in [9.17, 15) is 0 Å². The van der Waals surface area contributed by atoms with E-state index in [1.54, 1.807) is 0 Å². The van der Waals surface area contributed by atoms with Gasteiger partial charge in [0.25, 0.3) is 0 Å². The van der Waals surface area contributed by atoms with Gasteiger partial charge < -0.3 is 9.84 Å². The molecule has 0 heterocycles. The van der Waals surface area contributed by atoms with E-state index in [2.05, 4.69) is 14.5 Å². The normalized spacial score (nSPS) is 9.75. The number of rotatable bonds is 5. The summed E-state index contributed by atoms with van der Waals surface area (Å²) in [5, 5.41) is 11.0. The summed E-state index contributed by atoms with van der Waals surface area (Å²) < 4.78 is 4.93. The molecule has 1 atom stereocenters. The highest BCUT2D eigenvalue weighted by Gasteiger charge is 1.81. The van der Waals surface area contributed by atoms with Gasteiger partial charge in [-0.05, 0) is 6.42 Å². The van der Waals surface area contributed by atoms with Crippen molar-refractivity contribution in [2.24, 2.45) is 0 Å². The van der Waals surface area contributed by atoms with Gasteiger partial charge in [-0.15, -0.1) is 0 Å². The molecule has 0 aliphatic heterocycles. The predicted molar refractivity (Wildman–Crippen MR) is 35.4 cm³/mol. The van der Waals surface area contributed by atoms with Crippen LogP contribution in [0, 0.1) is 0 Å². The van der Waals surface area contributed by atoms with E-state index in [4.69, 9.17) is 9.84 Å². The Bertz CT molecular complexity index is 39.0. The highest BCUT2D eigenvalue weighted by atomic mass is 31.0. The Morgan fingerprint density at radius 2 is 2.38 bits per heavy atom. The molecule has 3 nitrogen and oxygen atoms in total. The van der Waals surface area contributed by atoms with Crippen LogP contribution in [-0.4, -0.2) is 25.1 Å². The highest BCUT2D eigenvalue weighted by molar-refractivity contribution is 7.13. The second kappa shape index (κ2) is 7.31. The van der Waals surface area contributed by atoms with E-state index in [1.165, 1.54) is 0 Å². The van der Waals surface area contributed by atoms with Gasteiger partial charge in [0.2, 0.25) is 0 Å². The fraction of sp³-hybridized carbons (Fsp3) is 1.00. The summed E-state index contributed by atoms with van der Waals surface area (Å²) in [4.78, 5) is 0. The van der Waals surface area contributed by atoms with E-state index in [-0.39, 0.29) is 6.61 Å². The molecule has 1 unspecified atom stereocenters. The number of aliphatic hydroxyl groups excluding tert-OH is 1. The summed E-state index contributed by atoms with van der Waals surface area (Å²) >= 11 is 0. The Balaban J connectivity index is 2.53. The maximum atomic E-state index is 8.26. The maximum absolute atomic E-state index is 8.26. The molecular weight excluding hydrogens is 125 g/mol. The molecule has 0 aromatic carbocycles. The number of ether oxygens (including phenoxy) is 1. The van der Waals surface area contributed by atoms with E-state index in [0.29, 0.717) is 19.8 Å². The molecule has 0 saturated carbocycles. The molecule has 2 N–H and O–H groups in total. The number of aliphatic hydroxyl groups is 1. The summed E-state index contributed by atoms with van der Waals surface area (Å²) in [5.41, 5.74) is 0. The minimum atomic E-state index is 0.205. The van der Waals surface area contributed by atoms with Crippen molar-refractivity contribution in [3.05, 3.63) is 0 Å². The fourth-order valence-corrected chi connectivity index (χ4v) is 0.416. The third-order valence-corrected chi connectivity index (χ3v) is 0.799. The lowest BCUT2D eigenvalue weighted by Gasteiger charge is -1.98. The monoisotopic (exact) mass is 137 g/mol.